The predicted molar refractivity (Wildman–Crippen MR) is 113 cm³/mol. The highest BCUT2D eigenvalue weighted by Crippen LogP contribution is 2.23. The molecule has 0 unspecified atom stereocenters. The van der Waals surface area contributed by atoms with Gasteiger partial charge >= 0.3 is 0 Å². The number of thiazole rings is 1. The predicted octanol–water partition coefficient (Wildman–Crippen LogP) is 4.09. The van der Waals surface area contributed by atoms with E-state index < -0.39 is 9.84 Å². The molecule has 0 spiro atoms. The average Bonchev–Trinajstić information content (AvgIpc) is 3.05. The van der Waals surface area contributed by atoms with Gasteiger partial charge in [-0.3, -0.25) is 4.79 Å². The van der Waals surface area contributed by atoms with E-state index in [0.717, 1.165) is 22.5 Å². The minimum absolute atomic E-state index is 0.119. The number of sulfone groups is 1. The van der Waals surface area contributed by atoms with Crippen LogP contribution in [-0.4, -0.2) is 25.6 Å². The lowest BCUT2D eigenvalue weighted by Gasteiger charge is -2.10. The van der Waals surface area contributed by atoms with Crippen molar-refractivity contribution in [2.45, 2.75) is 25.2 Å². The molecule has 146 valence electrons. The smallest absolute Gasteiger partial charge is 0.230 e. The molecule has 0 aliphatic carbocycles. The molecule has 6 nitrogen and oxygen atoms in total. The van der Waals surface area contributed by atoms with Crippen molar-refractivity contribution in [3.63, 3.8) is 0 Å². The van der Waals surface area contributed by atoms with Gasteiger partial charge in [-0.15, -0.1) is 11.3 Å². The number of aromatic nitrogens is 1. The average molecular weight is 416 g/mol. The molecule has 1 amide bonds. The van der Waals surface area contributed by atoms with Crippen LogP contribution in [0.15, 0.2) is 52.7 Å². The number of rotatable bonds is 6. The van der Waals surface area contributed by atoms with Gasteiger partial charge < -0.3 is 10.6 Å². The first-order valence-corrected chi connectivity index (χ1v) is 11.4. The van der Waals surface area contributed by atoms with Crippen LogP contribution in [0.3, 0.4) is 0 Å². The summed E-state index contributed by atoms with van der Waals surface area (Å²) < 4.78 is 23.0. The molecule has 2 N–H and O–H groups in total. The summed E-state index contributed by atoms with van der Waals surface area (Å²) in [6.45, 7) is 3.92. The van der Waals surface area contributed by atoms with Crippen LogP contribution < -0.4 is 10.6 Å². The van der Waals surface area contributed by atoms with Crippen LogP contribution in [0.5, 0.6) is 0 Å². The summed E-state index contributed by atoms with van der Waals surface area (Å²) in [4.78, 5) is 17.1. The van der Waals surface area contributed by atoms with Crippen molar-refractivity contribution in [2.24, 2.45) is 0 Å². The van der Waals surface area contributed by atoms with Gasteiger partial charge in [-0.1, -0.05) is 18.2 Å². The first kappa shape index (κ1) is 20.0. The molecular formula is C20H21N3O3S2. The lowest BCUT2D eigenvalue weighted by atomic mass is 10.1. The van der Waals surface area contributed by atoms with Crippen molar-refractivity contribution in [1.82, 2.24) is 4.98 Å². The molecule has 0 saturated heterocycles. The van der Waals surface area contributed by atoms with Gasteiger partial charge in [0.1, 0.15) is 0 Å². The van der Waals surface area contributed by atoms with Crippen molar-refractivity contribution in [1.29, 1.82) is 0 Å². The Bertz CT molecular complexity index is 1080. The van der Waals surface area contributed by atoms with Crippen LogP contribution in [0.4, 0.5) is 16.5 Å². The number of carbonyl (C=O) groups excluding carboxylic acids is 1. The third-order valence-electron chi connectivity index (χ3n) is 4.17. The Hall–Kier alpha value is -2.71. The Morgan fingerprint density at radius 1 is 1.07 bits per heavy atom. The number of nitrogens with zero attached hydrogens (tertiary/aromatic N) is 1. The number of hydrogen-bond donors (Lipinski definition) is 2. The monoisotopic (exact) mass is 415 g/mol. The molecular weight excluding hydrogens is 394 g/mol. The SMILES string of the molecule is Cc1cccc(C)c1NC(=O)Cc1csc(Nc2ccc(S(C)(=O)=O)cc2)n1. The second kappa shape index (κ2) is 8.12. The fraction of sp³-hybridized carbons (Fsp3) is 0.200. The van der Waals surface area contributed by atoms with E-state index in [4.69, 9.17) is 0 Å². The summed E-state index contributed by atoms with van der Waals surface area (Å²) in [5.41, 5.74) is 4.28. The highest BCUT2D eigenvalue weighted by molar-refractivity contribution is 7.90. The summed E-state index contributed by atoms with van der Waals surface area (Å²) in [7, 11) is -3.22. The van der Waals surface area contributed by atoms with Gasteiger partial charge in [0.2, 0.25) is 5.91 Å². The summed E-state index contributed by atoms with van der Waals surface area (Å²) >= 11 is 1.39. The maximum Gasteiger partial charge on any atom is 0.230 e. The van der Waals surface area contributed by atoms with Gasteiger partial charge in [-0.25, -0.2) is 13.4 Å². The van der Waals surface area contributed by atoms with Gasteiger partial charge in [0.25, 0.3) is 0 Å². The molecule has 3 aromatic rings. The van der Waals surface area contributed by atoms with Crippen molar-refractivity contribution in [3.8, 4) is 0 Å². The van der Waals surface area contributed by atoms with Crippen LogP contribution in [0.2, 0.25) is 0 Å². The van der Waals surface area contributed by atoms with Crippen molar-refractivity contribution < 1.29 is 13.2 Å². The third-order valence-corrected chi connectivity index (χ3v) is 6.11. The summed E-state index contributed by atoms with van der Waals surface area (Å²) in [6, 6.07) is 12.3. The van der Waals surface area contributed by atoms with Crippen LogP contribution in [-0.2, 0) is 21.1 Å². The fourth-order valence-corrected chi connectivity index (χ4v) is 4.08. The van der Waals surface area contributed by atoms with Gasteiger partial charge in [-0.2, -0.15) is 0 Å². The van der Waals surface area contributed by atoms with Crippen LogP contribution in [0.25, 0.3) is 0 Å². The molecule has 0 atom stereocenters. The Morgan fingerprint density at radius 2 is 1.71 bits per heavy atom. The normalized spacial score (nSPS) is 11.2. The van der Waals surface area contributed by atoms with E-state index in [2.05, 4.69) is 15.6 Å². The van der Waals surface area contributed by atoms with Crippen molar-refractivity contribution >= 4 is 43.6 Å². The molecule has 2 aromatic carbocycles. The molecule has 0 saturated carbocycles. The minimum atomic E-state index is -3.22. The standard InChI is InChI=1S/C20H21N3O3S2/c1-13-5-4-6-14(2)19(13)23-18(24)11-16-12-27-20(22-16)21-15-7-9-17(10-8-15)28(3,25)26/h4-10,12H,11H2,1-3H3,(H,21,22)(H,23,24). The van der Waals surface area contributed by atoms with E-state index in [1.165, 1.54) is 17.6 Å². The maximum absolute atomic E-state index is 12.4. The van der Waals surface area contributed by atoms with E-state index in [1.807, 2.05) is 37.4 Å². The van der Waals surface area contributed by atoms with Crippen LogP contribution in [0.1, 0.15) is 16.8 Å². The number of amides is 1. The van der Waals surface area contributed by atoms with E-state index in [9.17, 15) is 13.2 Å². The molecule has 0 radical (unpaired) electrons. The fourth-order valence-electron chi connectivity index (χ4n) is 2.71. The molecule has 0 aliphatic heterocycles. The minimum Gasteiger partial charge on any atom is -0.332 e. The van der Waals surface area contributed by atoms with Crippen molar-refractivity contribution in [2.75, 3.05) is 16.9 Å². The lowest BCUT2D eigenvalue weighted by molar-refractivity contribution is -0.115. The number of nitrogens with one attached hydrogen (secondary N) is 2. The highest BCUT2D eigenvalue weighted by atomic mass is 32.2. The Labute approximate surface area is 168 Å². The number of anilines is 3. The van der Waals surface area contributed by atoms with Gasteiger partial charge in [0.15, 0.2) is 15.0 Å². The molecule has 8 heteroatoms. The number of carbonyl (C=O) groups is 1. The van der Waals surface area contributed by atoms with Crippen LogP contribution >= 0.6 is 11.3 Å². The second-order valence-electron chi connectivity index (χ2n) is 6.56. The highest BCUT2D eigenvalue weighted by Gasteiger charge is 2.11. The van der Waals surface area contributed by atoms with Gasteiger partial charge in [0, 0.05) is 23.0 Å². The summed E-state index contributed by atoms with van der Waals surface area (Å²) in [5.74, 6) is -0.119. The van der Waals surface area contributed by atoms with E-state index in [0.29, 0.717) is 10.8 Å². The summed E-state index contributed by atoms with van der Waals surface area (Å²) in [5, 5.41) is 8.55. The zero-order chi connectivity index (χ0) is 20.3. The van der Waals surface area contributed by atoms with E-state index >= 15 is 0 Å². The van der Waals surface area contributed by atoms with Crippen LogP contribution in [0, 0.1) is 13.8 Å². The topological polar surface area (TPSA) is 88.2 Å². The zero-order valence-electron chi connectivity index (χ0n) is 15.8. The molecule has 3 rings (SSSR count). The molecule has 0 fully saturated rings. The molecule has 28 heavy (non-hydrogen) atoms. The molecule has 0 bridgehead atoms. The molecule has 0 aliphatic rings. The Balaban J connectivity index is 1.63. The third kappa shape index (κ3) is 4.96. The maximum atomic E-state index is 12.4. The Kier molecular flexibility index (Phi) is 5.81. The number of para-hydroxylation sites is 1. The quantitative estimate of drug-likeness (QED) is 0.633. The van der Waals surface area contributed by atoms with E-state index in [-0.39, 0.29) is 17.2 Å². The number of benzene rings is 2. The lowest BCUT2D eigenvalue weighted by Crippen LogP contribution is -2.16. The van der Waals surface area contributed by atoms with Crippen molar-refractivity contribution in [3.05, 3.63) is 64.7 Å². The Morgan fingerprint density at radius 3 is 2.32 bits per heavy atom. The van der Waals surface area contributed by atoms with Gasteiger partial charge in [-0.05, 0) is 49.2 Å². The first-order valence-electron chi connectivity index (χ1n) is 8.60. The zero-order valence-corrected chi connectivity index (χ0v) is 17.4. The first-order chi connectivity index (χ1) is 13.2. The van der Waals surface area contributed by atoms with Gasteiger partial charge in [0.05, 0.1) is 17.0 Å². The second-order valence-corrected chi connectivity index (χ2v) is 9.43. The summed E-state index contributed by atoms with van der Waals surface area (Å²) in [6.07, 6.45) is 1.35. The molecule has 1 heterocycles. The van der Waals surface area contributed by atoms with E-state index in [1.54, 1.807) is 24.3 Å². The number of hydrogen-bond acceptors (Lipinski definition) is 6. The molecule has 1 aromatic heterocycles. The number of aryl methyl sites for hydroxylation is 2. The largest absolute Gasteiger partial charge is 0.332 e.